The summed E-state index contributed by atoms with van der Waals surface area (Å²) in [6.07, 6.45) is -1.67. The summed E-state index contributed by atoms with van der Waals surface area (Å²) in [5.74, 6) is -1.06. The van der Waals surface area contributed by atoms with Crippen LogP contribution in [0.2, 0.25) is 0 Å². The third kappa shape index (κ3) is 4.09. The Labute approximate surface area is 211 Å². The lowest BCUT2D eigenvalue weighted by Crippen LogP contribution is -2.37. The van der Waals surface area contributed by atoms with Gasteiger partial charge in [-0.1, -0.05) is 0 Å². The number of likely N-dealkylation sites (N-methyl/N-ethyl adjacent to an activating group) is 1. The third-order valence-electron chi connectivity index (χ3n) is 7.10. The maximum atomic E-state index is 14.2. The Morgan fingerprint density at radius 3 is 2.46 bits per heavy atom. The van der Waals surface area contributed by atoms with Crippen LogP contribution in [0.25, 0.3) is 22.2 Å². The number of aromatic nitrogens is 1. The minimum Gasteiger partial charge on any atom is -0.465 e. The standard InChI is InChI=1S/C28H25F3N4O2/c1-32-20-3-5-22-24-10-15-9-21(33-27(36)25-12-19(31)14-34(25)2)4-6-23(15)35(24)28(37-26(22)13-20)16-7-17(29)11-18(30)8-16/h3-11,13,19,25,28,32H,12,14H2,1-2H3,(H,33,36). The first kappa shape index (κ1) is 23.4. The van der Waals surface area contributed by atoms with Crippen molar-refractivity contribution in [2.75, 3.05) is 31.3 Å². The highest BCUT2D eigenvalue weighted by atomic mass is 19.1. The summed E-state index contributed by atoms with van der Waals surface area (Å²) in [6, 6.07) is 15.9. The molecule has 2 aliphatic rings. The van der Waals surface area contributed by atoms with E-state index in [0.717, 1.165) is 33.9 Å². The summed E-state index contributed by atoms with van der Waals surface area (Å²) in [5.41, 5.74) is 4.16. The Balaban J connectivity index is 1.44. The molecule has 3 atom stereocenters. The van der Waals surface area contributed by atoms with E-state index >= 15 is 0 Å². The fraction of sp³-hybridized carbons (Fsp3) is 0.250. The number of nitrogens with one attached hydrogen (secondary N) is 2. The largest absolute Gasteiger partial charge is 0.465 e. The number of ether oxygens (including phenoxy) is 1. The zero-order chi connectivity index (χ0) is 25.8. The van der Waals surface area contributed by atoms with Crippen LogP contribution in [0.4, 0.5) is 24.5 Å². The lowest BCUT2D eigenvalue weighted by molar-refractivity contribution is -0.120. The summed E-state index contributed by atoms with van der Waals surface area (Å²) in [7, 11) is 3.54. The van der Waals surface area contributed by atoms with Gasteiger partial charge < -0.3 is 19.9 Å². The number of carbonyl (C=O) groups is 1. The van der Waals surface area contributed by atoms with Crippen LogP contribution in [0.1, 0.15) is 18.2 Å². The first-order valence-electron chi connectivity index (χ1n) is 12.1. The molecule has 6 rings (SSSR count). The van der Waals surface area contributed by atoms with E-state index in [2.05, 4.69) is 10.6 Å². The lowest BCUT2D eigenvalue weighted by Gasteiger charge is -2.30. The number of nitrogens with zero attached hydrogens (tertiary/aromatic N) is 2. The number of fused-ring (bicyclic) bond motifs is 5. The van der Waals surface area contributed by atoms with Gasteiger partial charge >= 0.3 is 0 Å². The minimum absolute atomic E-state index is 0.166. The van der Waals surface area contributed by atoms with Crippen LogP contribution in [0.15, 0.2) is 60.7 Å². The second kappa shape index (κ2) is 8.85. The molecule has 6 nitrogen and oxygen atoms in total. The molecule has 1 aromatic heterocycles. The highest BCUT2D eigenvalue weighted by Crippen LogP contribution is 2.45. The second-order valence-electron chi connectivity index (χ2n) is 9.58. The second-order valence-corrected chi connectivity index (χ2v) is 9.58. The van der Waals surface area contributed by atoms with E-state index in [0.29, 0.717) is 17.0 Å². The molecule has 1 fully saturated rings. The highest BCUT2D eigenvalue weighted by molar-refractivity contribution is 5.98. The zero-order valence-electron chi connectivity index (χ0n) is 20.3. The van der Waals surface area contributed by atoms with Crippen molar-refractivity contribution >= 4 is 28.2 Å². The van der Waals surface area contributed by atoms with Gasteiger partial charge in [0.1, 0.15) is 23.6 Å². The van der Waals surface area contributed by atoms with Crippen LogP contribution in [0.3, 0.4) is 0 Å². The Morgan fingerprint density at radius 2 is 1.76 bits per heavy atom. The fourth-order valence-electron chi connectivity index (χ4n) is 5.34. The van der Waals surface area contributed by atoms with E-state index in [4.69, 9.17) is 4.74 Å². The van der Waals surface area contributed by atoms with E-state index in [1.807, 2.05) is 41.0 Å². The van der Waals surface area contributed by atoms with E-state index in [-0.39, 0.29) is 18.9 Å². The first-order chi connectivity index (χ1) is 17.8. The Bertz CT molecular complexity index is 1520. The van der Waals surface area contributed by atoms with E-state index in [1.165, 1.54) is 12.1 Å². The molecular weight excluding hydrogens is 481 g/mol. The summed E-state index contributed by atoms with van der Waals surface area (Å²) in [6.45, 7) is 0.236. The molecule has 190 valence electrons. The van der Waals surface area contributed by atoms with Gasteiger partial charge in [0.2, 0.25) is 12.1 Å². The highest BCUT2D eigenvalue weighted by Gasteiger charge is 2.35. The van der Waals surface area contributed by atoms with Gasteiger partial charge in [-0.3, -0.25) is 9.69 Å². The van der Waals surface area contributed by atoms with Crippen molar-refractivity contribution < 1.29 is 22.7 Å². The van der Waals surface area contributed by atoms with Crippen molar-refractivity contribution in [2.45, 2.75) is 24.9 Å². The quantitative estimate of drug-likeness (QED) is 0.381. The van der Waals surface area contributed by atoms with Crippen molar-refractivity contribution in [3.05, 3.63) is 77.9 Å². The molecule has 2 aliphatic heterocycles. The van der Waals surface area contributed by atoms with Gasteiger partial charge in [-0.15, -0.1) is 0 Å². The summed E-state index contributed by atoms with van der Waals surface area (Å²) in [5, 5.41) is 6.80. The van der Waals surface area contributed by atoms with Crippen LogP contribution in [-0.4, -0.2) is 48.2 Å². The molecule has 3 heterocycles. The number of hydrogen-bond acceptors (Lipinski definition) is 4. The zero-order valence-corrected chi connectivity index (χ0v) is 20.3. The van der Waals surface area contributed by atoms with Gasteiger partial charge in [0, 0.05) is 60.0 Å². The molecule has 37 heavy (non-hydrogen) atoms. The number of hydrogen-bond donors (Lipinski definition) is 2. The van der Waals surface area contributed by atoms with E-state index in [9.17, 15) is 18.0 Å². The summed E-state index contributed by atoms with van der Waals surface area (Å²) >= 11 is 0. The molecule has 0 saturated carbocycles. The topological polar surface area (TPSA) is 58.5 Å². The number of likely N-dealkylation sites (tertiary alicyclic amines) is 1. The van der Waals surface area contributed by atoms with E-state index < -0.39 is 30.1 Å². The molecule has 0 spiro atoms. The van der Waals surface area contributed by atoms with Gasteiger partial charge in [-0.2, -0.15) is 0 Å². The normalized spacial score (nSPS) is 20.8. The van der Waals surface area contributed by atoms with Crippen molar-refractivity contribution in [3.8, 4) is 17.0 Å². The molecule has 4 aromatic rings. The number of anilines is 2. The SMILES string of the molecule is CNc1ccc2c(c1)OC(c1cc(F)cc(F)c1)n1c-2cc2cc(NC(=O)C3CC(F)CN3C)ccc21. The van der Waals surface area contributed by atoms with Gasteiger partial charge in [0.05, 0.1) is 17.3 Å². The van der Waals surface area contributed by atoms with Crippen molar-refractivity contribution in [2.24, 2.45) is 0 Å². The maximum absolute atomic E-state index is 14.2. The predicted octanol–water partition coefficient (Wildman–Crippen LogP) is 5.55. The van der Waals surface area contributed by atoms with Gasteiger partial charge in [0.15, 0.2) is 0 Å². The third-order valence-corrected chi connectivity index (χ3v) is 7.10. The van der Waals surface area contributed by atoms with Crippen LogP contribution >= 0.6 is 0 Å². The molecule has 9 heteroatoms. The average Bonchev–Trinajstić information content (AvgIpc) is 3.41. The molecule has 0 radical (unpaired) electrons. The monoisotopic (exact) mass is 506 g/mol. The number of alkyl halides is 1. The smallest absolute Gasteiger partial charge is 0.241 e. The minimum atomic E-state index is -1.02. The summed E-state index contributed by atoms with van der Waals surface area (Å²) in [4.78, 5) is 14.5. The van der Waals surface area contributed by atoms with E-state index in [1.54, 1.807) is 25.1 Å². The van der Waals surface area contributed by atoms with Gasteiger partial charge in [0.25, 0.3) is 0 Å². The van der Waals surface area contributed by atoms with Crippen LogP contribution < -0.4 is 15.4 Å². The lowest BCUT2D eigenvalue weighted by atomic mass is 10.1. The maximum Gasteiger partial charge on any atom is 0.241 e. The van der Waals surface area contributed by atoms with Crippen molar-refractivity contribution in [1.29, 1.82) is 0 Å². The fourth-order valence-corrected chi connectivity index (χ4v) is 5.34. The molecule has 3 aromatic carbocycles. The number of carbonyl (C=O) groups excluding carboxylic acids is 1. The summed E-state index contributed by atoms with van der Waals surface area (Å²) < 4.78 is 50.4. The predicted molar refractivity (Wildman–Crippen MR) is 137 cm³/mol. The van der Waals surface area contributed by atoms with Gasteiger partial charge in [-0.05, 0) is 55.6 Å². The molecule has 2 N–H and O–H groups in total. The average molecular weight is 507 g/mol. The number of benzene rings is 3. The van der Waals surface area contributed by atoms with Crippen molar-refractivity contribution in [1.82, 2.24) is 9.47 Å². The molecule has 3 unspecified atom stereocenters. The molecule has 0 aliphatic carbocycles. The molecule has 1 saturated heterocycles. The Kier molecular flexibility index (Phi) is 5.60. The van der Waals surface area contributed by atoms with Crippen LogP contribution in [0.5, 0.6) is 5.75 Å². The Hall–Kier alpha value is -3.98. The first-order valence-corrected chi connectivity index (χ1v) is 12.1. The number of rotatable bonds is 4. The number of amides is 1. The molecular formula is C28H25F3N4O2. The van der Waals surface area contributed by atoms with Crippen LogP contribution in [0, 0.1) is 11.6 Å². The molecule has 1 amide bonds. The Morgan fingerprint density at radius 1 is 1.00 bits per heavy atom. The molecule has 0 bridgehead atoms. The number of halogens is 3. The van der Waals surface area contributed by atoms with Crippen molar-refractivity contribution in [3.63, 3.8) is 0 Å². The van der Waals surface area contributed by atoms with Crippen LogP contribution in [-0.2, 0) is 4.79 Å². The van der Waals surface area contributed by atoms with Gasteiger partial charge in [-0.25, -0.2) is 13.2 Å².